The Labute approximate surface area is 224 Å². The topological polar surface area (TPSA) is 46.6 Å². The number of halogens is 3. The highest BCUT2D eigenvalue weighted by Crippen LogP contribution is 2.32. The van der Waals surface area contributed by atoms with E-state index in [1.807, 2.05) is 12.1 Å². The van der Waals surface area contributed by atoms with Crippen molar-refractivity contribution in [2.45, 2.75) is 90.9 Å². The molecule has 2 rings (SSSR count). The van der Waals surface area contributed by atoms with Gasteiger partial charge in [0, 0.05) is 25.1 Å². The summed E-state index contributed by atoms with van der Waals surface area (Å²) in [7, 11) is 0. The molecule has 2 aromatic rings. The van der Waals surface area contributed by atoms with Crippen molar-refractivity contribution in [1.29, 1.82) is 0 Å². The summed E-state index contributed by atoms with van der Waals surface area (Å²) in [4.78, 5) is 25.9. The fourth-order valence-corrected chi connectivity index (χ4v) is 4.09. The van der Waals surface area contributed by atoms with Crippen molar-refractivity contribution in [2.24, 2.45) is 0 Å². The van der Waals surface area contributed by atoms with Crippen molar-refractivity contribution in [1.82, 2.24) is 4.90 Å². The molecule has 4 nitrogen and oxygen atoms in total. The van der Waals surface area contributed by atoms with Crippen molar-refractivity contribution < 1.29 is 27.5 Å². The number of rotatable bonds is 13. The summed E-state index contributed by atoms with van der Waals surface area (Å²) in [6.45, 7) is 3.34. The lowest BCUT2D eigenvalue weighted by molar-refractivity contribution is -0.160. The average Bonchev–Trinajstić information content (AvgIpc) is 2.89. The van der Waals surface area contributed by atoms with Gasteiger partial charge in [0.05, 0.1) is 12.2 Å². The van der Waals surface area contributed by atoms with Crippen LogP contribution in [0.25, 0.3) is 0 Å². The maximum atomic E-state index is 13.5. The third kappa shape index (κ3) is 11.0. The minimum Gasteiger partial charge on any atom is -0.459 e. The van der Waals surface area contributed by atoms with Gasteiger partial charge in [-0.05, 0) is 42.7 Å². The van der Waals surface area contributed by atoms with Crippen LogP contribution in [0.5, 0.6) is 0 Å². The lowest BCUT2D eigenvalue weighted by Crippen LogP contribution is -2.37. The van der Waals surface area contributed by atoms with Crippen LogP contribution in [0.15, 0.2) is 48.5 Å². The van der Waals surface area contributed by atoms with Gasteiger partial charge in [-0.15, -0.1) is 0 Å². The van der Waals surface area contributed by atoms with Gasteiger partial charge >= 0.3 is 18.1 Å². The Hall–Kier alpha value is -3.27. The van der Waals surface area contributed by atoms with Crippen LogP contribution in [-0.4, -0.2) is 23.4 Å². The fourth-order valence-electron chi connectivity index (χ4n) is 4.09. The number of nitrogens with zero attached hydrogens (tertiary/aromatic N) is 1. The van der Waals surface area contributed by atoms with Crippen LogP contribution < -0.4 is 0 Å². The Morgan fingerprint density at radius 3 is 2.11 bits per heavy atom. The Bertz CT molecular complexity index is 1070. The second kappa shape index (κ2) is 16.5. The molecule has 0 fully saturated rings. The number of benzene rings is 2. The first kappa shape index (κ1) is 31.0. The number of esters is 1. The molecule has 0 saturated heterocycles. The fraction of sp³-hybridized carbons (Fsp3) is 0.484. The predicted octanol–water partition coefficient (Wildman–Crippen LogP) is 7.68. The van der Waals surface area contributed by atoms with E-state index in [0.29, 0.717) is 5.56 Å². The molecule has 0 aliphatic heterocycles. The van der Waals surface area contributed by atoms with Crippen molar-refractivity contribution in [3.8, 4) is 11.8 Å². The van der Waals surface area contributed by atoms with Crippen LogP contribution in [0, 0.1) is 11.8 Å². The first-order chi connectivity index (χ1) is 18.3. The number of hydrogen-bond acceptors (Lipinski definition) is 3. The molecule has 0 saturated carbocycles. The SMILES string of the molecule is CCCCCCCCCCC#Cc1ccc(CN(Cc2ccccc2C(F)(F)F)C(=O)C(=O)OCC)cc1. The van der Waals surface area contributed by atoms with Gasteiger partial charge < -0.3 is 9.64 Å². The molecular weight excluding hydrogens is 491 g/mol. The molecule has 0 bridgehead atoms. The lowest BCUT2D eigenvalue weighted by atomic mass is 10.1. The molecule has 2 aromatic carbocycles. The van der Waals surface area contributed by atoms with Crippen molar-refractivity contribution in [3.63, 3.8) is 0 Å². The summed E-state index contributed by atoms with van der Waals surface area (Å²) < 4.78 is 45.3. The van der Waals surface area contributed by atoms with Gasteiger partial charge in [0.1, 0.15) is 0 Å². The Morgan fingerprint density at radius 2 is 1.47 bits per heavy atom. The molecule has 0 heterocycles. The smallest absolute Gasteiger partial charge is 0.416 e. The van der Waals surface area contributed by atoms with Gasteiger partial charge in [-0.2, -0.15) is 13.2 Å². The van der Waals surface area contributed by atoms with Gasteiger partial charge in [0.15, 0.2) is 0 Å². The third-order valence-electron chi connectivity index (χ3n) is 6.14. The van der Waals surface area contributed by atoms with Gasteiger partial charge in [-0.1, -0.05) is 94.0 Å². The standard InChI is InChI=1S/C31H38F3NO3/c1-3-5-6-7-8-9-10-11-12-13-16-25-19-21-26(22-20-25)23-35(29(36)30(37)38-4-2)24-27-17-14-15-18-28(27)31(32,33)34/h14-15,17-22H,3-12,23-24H2,1-2H3. The summed E-state index contributed by atoms with van der Waals surface area (Å²) in [6.07, 6.45) is 6.24. The normalized spacial score (nSPS) is 11.0. The molecule has 0 aliphatic carbocycles. The zero-order chi connectivity index (χ0) is 27.8. The number of amides is 1. The van der Waals surface area contributed by atoms with E-state index in [2.05, 4.69) is 18.8 Å². The molecule has 0 aliphatic rings. The van der Waals surface area contributed by atoms with Gasteiger partial charge in [-0.3, -0.25) is 4.79 Å². The summed E-state index contributed by atoms with van der Waals surface area (Å²) >= 11 is 0. The highest BCUT2D eigenvalue weighted by Gasteiger charge is 2.34. The number of carbonyl (C=O) groups excluding carboxylic acids is 2. The van der Waals surface area contributed by atoms with E-state index in [4.69, 9.17) is 4.74 Å². The highest BCUT2D eigenvalue weighted by molar-refractivity contribution is 6.32. The molecule has 7 heteroatoms. The Balaban J connectivity index is 2.00. The number of alkyl halides is 3. The molecule has 38 heavy (non-hydrogen) atoms. The van der Waals surface area contributed by atoms with Crippen LogP contribution in [0.3, 0.4) is 0 Å². The van der Waals surface area contributed by atoms with E-state index >= 15 is 0 Å². The predicted molar refractivity (Wildman–Crippen MR) is 143 cm³/mol. The van der Waals surface area contributed by atoms with Crippen LogP contribution in [0.2, 0.25) is 0 Å². The molecule has 0 atom stereocenters. The third-order valence-corrected chi connectivity index (χ3v) is 6.14. The first-order valence-electron chi connectivity index (χ1n) is 13.4. The summed E-state index contributed by atoms with van der Waals surface area (Å²) in [5, 5.41) is 0. The van der Waals surface area contributed by atoms with Crippen LogP contribution in [-0.2, 0) is 33.6 Å². The van der Waals surface area contributed by atoms with Crippen molar-refractivity contribution >= 4 is 11.9 Å². The van der Waals surface area contributed by atoms with E-state index in [1.165, 1.54) is 63.1 Å². The second-order valence-corrected chi connectivity index (χ2v) is 9.26. The number of unbranched alkanes of at least 4 members (excludes halogenated alkanes) is 8. The van der Waals surface area contributed by atoms with E-state index < -0.39 is 23.6 Å². The minimum atomic E-state index is -4.58. The zero-order valence-corrected chi connectivity index (χ0v) is 22.4. The van der Waals surface area contributed by atoms with Gasteiger partial charge in [0.2, 0.25) is 0 Å². The van der Waals surface area contributed by atoms with Gasteiger partial charge in [0.25, 0.3) is 0 Å². The Kier molecular flexibility index (Phi) is 13.5. The lowest BCUT2D eigenvalue weighted by Gasteiger charge is -2.24. The molecule has 0 N–H and O–H groups in total. The minimum absolute atomic E-state index is 0.0100. The van der Waals surface area contributed by atoms with E-state index in [-0.39, 0.29) is 25.3 Å². The van der Waals surface area contributed by atoms with Crippen molar-refractivity contribution in [3.05, 3.63) is 70.8 Å². The van der Waals surface area contributed by atoms with Crippen LogP contribution in [0.1, 0.15) is 93.9 Å². The molecule has 0 radical (unpaired) electrons. The molecular formula is C31H38F3NO3. The quantitative estimate of drug-likeness (QED) is 0.116. The maximum absolute atomic E-state index is 13.5. The van der Waals surface area contributed by atoms with E-state index in [1.54, 1.807) is 19.1 Å². The highest BCUT2D eigenvalue weighted by atomic mass is 19.4. The summed E-state index contributed by atoms with van der Waals surface area (Å²) in [5.41, 5.74) is 0.546. The molecule has 0 unspecified atom stereocenters. The van der Waals surface area contributed by atoms with Crippen molar-refractivity contribution in [2.75, 3.05) is 6.61 Å². The monoisotopic (exact) mass is 529 g/mol. The number of ether oxygens (including phenoxy) is 1. The van der Waals surface area contributed by atoms with E-state index in [0.717, 1.165) is 29.4 Å². The van der Waals surface area contributed by atoms with Crippen LogP contribution >= 0.6 is 0 Å². The molecule has 0 spiro atoms. The number of hydrogen-bond donors (Lipinski definition) is 0. The second-order valence-electron chi connectivity index (χ2n) is 9.26. The zero-order valence-electron chi connectivity index (χ0n) is 22.4. The van der Waals surface area contributed by atoms with Gasteiger partial charge in [-0.25, -0.2) is 4.79 Å². The maximum Gasteiger partial charge on any atom is 0.416 e. The average molecular weight is 530 g/mol. The first-order valence-corrected chi connectivity index (χ1v) is 13.4. The summed E-state index contributed by atoms with van der Waals surface area (Å²) in [6, 6.07) is 12.2. The molecule has 1 amide bonds. The molecule has 0 aromatic heterocycles. The molecule has 206 valence electrons. The van der Waals surface area contributed by atoms with E-state index in [9.17, 15) is 22.8 Å². The summed E-state index contributed by atoms with van der Waals surface area (Å²) in [5.74, 6) is 4.24. The Morgan fingerprint density at radius 1 is 0.842 bits per heavy atom. The number of carbonyl (C=O) groups is 2. The largest absolute Gasteiger partial charge is 0.459 e. The van der Waals surface area contributed by atoms with Crippen LogP contribution in [0.4, 0.5) is 13.2 Å².